The smallest absolute Gasteiger partial charge is 0.0465 e. The molecule has 3 heteroatoms. The zero-order valence-electron chi connectivity index (χ0n) is 14.7. The molecule has 0 radical (unpaired) electrons. The molecule has 0 aromatic heterocycles. The van der Waals surface area contributed by atoms with Crippen LogP contribution in [0.2, 0.25) is 10.0 Å². The number of unbranched alkanes of at least 4 members (excludes halogenated alkanes) is 10. The normalized spacial score (nSPS) is 11.1. The van der Waals surface area contributed by atoms with Gasteiger partial charge in [-0.25, -0.2) is 0 Å². The molecule has 0 saturated heterocycles. The second-order valence-corrected chi connectivity index (χ2v) is 7.29. The molecule has 0 aliphatic carbocycles. The quantitative estimate of drug-likeness (QED) is 0.342. The Morgan fingerprint density at radius 2 is 1.35 bits per heavy atom. The predicted molar refractivity (Wildman–Crippen MR) is 105 cm³/mol. The molecule has 0 aliphatic rings. The monoisotopic (exact) mass is 357 g/mol. The fourth-order valence-electron chi connectivity index (χ4n) is 2.80. The van der Waals surface area contributed by atoms with Gasteiger partial charge < -0.3 is 5.32 Å². The van der Waals surface area contributed by atoms with Crippen LogP contribution in [0, 0.1) is 0 Å². The maximum atomic E-state index is 6.16. The van der Waals surface area contributed by atoms with Gasteiger partial charge in [0, 0.05) is 16.6 Å². The molecule has 0 aliphatic heterocycles. The van der Waals surface area contributed by atoms with Crippen molar-refractivity contribution in [1.82, 2.24) is 5.32 Å². The Bertz CT molecular complexity index is 407. The molecule has 1 nitrogen and oxygen atoms in total. The van der Waals surface area contributed by atoms with E-state index in [-0.39, 0.29) is 0 Å². The summed E-state index contributed by atoms with van der Waals surface area (Å²) in [5.41, 5.74) is 1.12. The highest BCUT2D eigenvalue weighted by Crippen LogP contribution is 2.20. The first-order valence-electron chi connectivity index (χ1n) is 9.38. The summed E-state index contributed by atoms with van der Waals surface area (Å²) in [5, 5.41) is 4.92. The first-order valence-corrected chi connectivity index (χ1v) is 10.1. The number of rotatable bonds is 14. The lowest BCUT2D eigenvalue weighted by Gasteiger charge is -2.07. The third kappa shape index (κ3) is 11.0. The summed E-state index contributed by atoms with van der Waals surface area (Å²) < 4.78 is 0. The second-order valence-electron chi connectivity index (χ2n) is 6.45. The highest BCUT2D eigenvalue weighted by Gasteiger charge is 2.00. The van der Waals surface area contributed by atoms with Crippen LogP contribution in [0.1, 0.15) is 83.1 Å². The van der Waals surface area contributed by atoms with Crippen LogP contribution in [-0.2, 0) is 6.54 Å². The highest BCUT2D eigenvalue weighted by atomic mass is 35.5. The van der Waals surface area contributed by atoms with Crippen LogP contribution in [0.15, 0.2) is 18.2 Å². The third-order valence-electron chi connectivity index (χ3n) is 4.29. The van der Waals surface area contributed by atoms with Crippen molar-refractivity contribution in [3.63, 3.8) is 0 Å². The topological polar surface area (TPSA) is 12.0 Å². The van der Waals surface area contributed by atoms with E-state index < -0.39 is 0 Å². The van der Waals surface area contributed by atoms with Crippen molar-refractivity contribution >= 4 is 23.2 Å². The first-order chi connectivity index (χ1) is 11.2. The zero-order valence-corrected chi connectivity index (χ0v) is 16.2. The summed E-state index contributed by atoms with van der Waals surface area (Å²) in [4.78, 5) is 0. The Labute approximate surface area is 153 Å². The van der Waals surface area contributed by atoms with Crippen molar-refractivity contribution in [3.05, 3.63) is 33.8 Å². The van der Waals surface area contributed by atoms with Crippen molar-refractivity contribution in [1.29, 1.82) is 0 Å². The maximum Gasteiger partial charge on any atom is 0.0465 e. The molecule has 0 unspecified atom stereocenters. The summed E-state index contributed by atoms with van der Waals surface area (Å²) in [6.07, 6.45) is 15.3. The van der Waals surface area contributed by atoms with E-state index in [1.807, 2.05) is 18.2 Å². The predicted octanol–water partition coefficient (Wildman–Crippen LogP) is 7.39. The van der Waals surface area contributed by atoms with Gasteiger partial charge in [-0.1, -0.05) is 100 Å². The van der Waals surface area contributed by atoms with Crippen molar-refractivity contribution < 1.29 is 0 Å². The summed E-state index contributed by atoms with van der Waals surface area (Å²) in [6, 6.07) is 5.70. The van der Waals surface area contributed by atoms with Crippen LogP contribution < -0.4 is 5.32 Å². The first kappa shape index (κ1) is 20.8. The SMILES string of the molecule is CCCCCCCCCCCCCNCc1ccc(Cl)cc1Cl. The van der Waals surface area contributed by atoms with Gasteiger partial charge in [0.15, 0.2) is 0 Å². The molecule has 1 N–H and O–H groups in total. The highest BCUT2D eigenvalue weighted by molar-refractivity contribution is 6.35. The van der Waals surface area contributed by atoms with E-state index in [4.69, 9.17) is 23.2 Å². The van der Waals surface area contributed by atoms with Gasteiger partial charge in [0.05, 0.1) is 0 Å². The van der Waals surface area contributed by atoms with E-state index >= 15 is 0 Å². The zero-order chi connectivity index (χ0) is 16.8. The van der Waals surface area contributed by atoms with Gasteiger partial charge in [-0.05, 0) is 30.7 Å². The van der Waals surface area contributed by atoms with Crippen LogP contribution in [0.5, 0.6) is 0 Å². The molecular formula is C20H33Cl2N. The largest absolute Gasteiger partial charge is 0.313 e. The van der Waals surface area contributed by atoms with E-state index in [0.29, 0.717) is 5.02 Å². The van der Waals surface area contributed by atoms with E-state index in [9.17, 15) is 0 Å². The van der Waals surface area contributed by atoms with Gasteiger partial charge >= 0.3 is 0 Å². The average Bonchev–Trinajstić information content (AvgIpc) is 2.53. The van der Waals surface area contributed by atoms with Crippen molar-refractivity contribution in [2.24, 2.45) is 0 Å². The van der Waals surface area contributed by atoms with Gasteiger partial charge in [-0.3, -0.25) is 0 Å². The van der Waals surface area contributed by atoms with Crippen LogP contribution in [0.3, 0.4) is 0 Å². The Balaban J connectivity index is 1.86. The standard InChI is InChI=1S/C20H33Cl2N/c1-2-3-4-5-6-7-8-9-10-11-12-15-23-17-18-13-14-19(21)16-20(18)22/h13-14,16,23H,2-12,15,17H2,1H3. The average molecular weight is 358 g/mol. The van der Waals surface area contributed by atoms with Crippen LogP contribution in [0.4, 0.5) is 0 Å². The number of benzene rings is 1. The van der Waals surface area contributed by atoms with Crippen molar-refractivity contribution in [2.45, 2.75) is 84.1 Å². The molecule has 0 saturated carbocycles. The number of nitrogens with one attached hydrogen (secondary N) is 1. The Morgan fingerprint density at radius 1 is 0.783 bits per heavy atom. The third-order valence-corrected chi connectivity index (χ3v) is 4.87. The molecule has 1 rings (SSSR count). The summed E-state index contributed by atoms with van der Waals surface area (Å²) in [6.45, 7) is 4.17. The maximum absolute atomic E-state index is 6.16. The summed E-state index contributed by atoms with van der Waals surface area (Å²) in [5.74, 6) is 0. The minimum Gasteiger partial charge on any atom is -0.313 e. The van der Waals surface area contributed by atoms with Crippen molar-refractivity contribution in [3.8, 4) is 0 Å². The molecule has 1 aromatic carbocycles. The number of hydrogen-bond acceptors (Lipinski definition) is 1. The van der Waals surface area contributed by atoms with Gasteiger partial charge in [0.25, 0.3) is 0 Å². The van der Waals surface area contributed by atoms with E-state index in [0.717, 1.165) is 23.7 Å². The molecule has 0 bridgehead atoms. The van der Waals surface area contributed by atoms with Gasteiger partial charge in [0.1, 0.15) is 0 Å². The summed E-state index contributed by atoms with van der Waals surface area (Å²) >= 11 is 12.1. The molecule has 0 spiro atoms. The Morgan fingerprint density at radius 3 is 1.91 bits per heavy atom. The number of hydrogen-bond donors (Lipinski definition) is 1. The van der Waals surface area contributed by atoms with Gasteiger partial charge in [0.2, 0.25) is 0 Å². The fraction of sp³-hybridized carbons (Fsp3) is 0.700. The molecule has 23 heavy (non-hydrogen) atoms. The Hall–Kier alpha value is -0.240. The lowest BCUT2D eigenvalue weighted by Crippen LogP contribution is -2.14. The van der Waals surface area contributed by atoms with Gasteiger partial charge in [-0.15, -0.1) is 0 Å². The minimum absolute atomic E-state index is 0.698. The molecule has 0 atom stereocenters. The summed E-state index contributed by atoms with van der Waals surface area (Å²) in [7, 11) is 0. The van der Waals surface area contributed by atoms with Crippen LogP contribution in [-0.4, -0.2) is 6.54 Å². The van der Waals surface area contributed by atoms with E-state index in [2.05, 4.69) is 12.2 Å². The van der Waals surface area contributed by atoms with Crippen LogP contribution >= 0.6 is 23.2 Å². The fourth-order valence-corrected chi connectivity index (χ4v) is 3.28. The molecule has 132 valence electrons. The molecule has 0 fully saturated rings. The van der Waals surface area contributed by atoms with Gasteiger partial charge in [-0.2, -0.15) is 0 Å². The van der Waals surface area contributed by atoms with Crippen molar-refractivity contribution in [2.75, 3.05) is 6.54 Å². The molecular weight excluding hydrogens is 325 g/mol. The van der Waals surface area contributed by atoms with Crippen LogP contribution in [0.25, 0.3) is 0 Å². The van der Waals surface area contributed by atoms with E-state index in [1.54, 1.807) is 0 Å². The molecule has 0 amide bonds. The minimum atomic E-state index is 0.698. The second kappa shape index (κ2) is 14.1. The van der Waals surface area contributed by atoms with E-state index in [1.165, 1.54) is 70.6 Å². The lowest BCUT2D eigenvalue weighted by molar-refractivity contribution is 0.539. The molecule has 0 heterocycles. The number of halogens is 2. The Kier molecular flexibility index (Phi) is 12.8. The molecule has 1 aromatic rings. The lowest BCUT2D eigenvalue weighted by atomic mass is 10.1.